The number of aromatic nitrogens is 2. The summed E-state index contributed by atoms with van der Waals surface area (Å²) >= 11 is 16.0. The van der Waals surface area contributed by atoms with Crippen molar-refractivity contribution >= 4 is 57.6 Å². The van der Waals surface area contributed by atoms with Crippen LogP contribution in [0.15, 0.2) is 29.2 Å². The second-order valence-corrected chi connectivity index (χ2v) is 7.57. The van der Waals surface area contributed by atoms with Crippen LogP contribution in [0.2, 0.25) is 10.2 Å². The minimum Gasteiger partial charge on any atom is -0.236 e. The summed E-state index contributed by atoms with van der Waals surface area (Å²) in [6, 6.07) is 7.79. The predicted molar refractivity (Wildman–Crippen MR) is 92.7 cm³/mol. The molecule has 0 atom stereocenters. The molecule has 0 bridgehead atoms. The monoisotopic (exact) mass is 436 g/mol. The SMILES string of the molecule is Clc1ccc(SCc2nc(Cl)c(I)c(C3CC3)n2)cc1. The Balaban J connectivity index is 1.75. The molecule has 2 aromatic rings. The number of hydrogen-bond donors (Lipinski definition) is 0. The lowest BCUT2D eigenvalue weighted by atomic mass is 10.3. The van der Waals surface area contributed by atoms with Crippen molar-refractivity contribution in [3.8, 4) is 0 Å². The highest BCUT2D eigenvalue weighted by Gasteiger charge is 2.29. The lowest BCUT2D eigenvalue weighted by molar-refractivity contribution is 0.918. The smallest absolute Gasteiger partial charge is 0.146 e. The van der Waals surface area contributed by atoms with Crippen molar-refractivity contribution in [2.75, 3.05) is 0 Å². The maximum absolute atomic E-state index is 6.21. The van der Waals surface area contributed by atoms with E-state index in [1.165, 1.54) is 12.8 Å². The molecule has 6 heteroatoms. The van der Waals surface area contributed by atoms with E-state index in [1.54, 1.807) is 11.8 Å². The Hall–Kier alpha value is -0.0400. The van der Waals surface area contributed by atoms with Gasteiger partial charge in [0.25, 0.3) is 0 Å². The van der Waals surface area contributed by atoms with Crippen molar-refractivity contribution < 1.29 is 0 Å². The van der Waals surface area contributed by atoms with E-state index in [-0.39, 0.29) is 0 Å². The van der Waals surface area contributed by atoms with E-state index in [0.717, 1.165) is 30.8 Å². The Morgan fingerprint density at radius 2 is 1.85 bits per heavy atom. The quantitative estimate of drug-likeness (QED) is 0.356. The fourth-order valence-corrected chi connectivity index (χ4v) is 3.61. The fourth-order valence-electron chi connectivity index (χ4n) is 1.85. The molecule has 0 radical (unpaired) electrons. The van der Waals surface area contributed by atoms with Gasteiger partial charge in [-0.15, -0.1) is 11.8 Å². The maximum atomic E-state index is 6.21. The van der Waals surface area contributed by atoms with Gasteiger partial charge in [-0.3, -0.25) is 0 Å². The van der Waals surface area contributed by atoms with Gasteiger partial charge in [-0.1, -0.05) is 23.2 Å². The van der Waals surface area contributed by atoms with Crippen LogP contribution in [0.4, 0.5) is 0 Å². The summed E-state index contributed by atoms with van der Waals surface area (Å²) in [5, 5.41) is 1.33. The first-order chi connectivity index (χ1) is 9.63. The van der Waals surface area contributed by atoms with E-state index in [0.29, 0.717) is 11.1 Å². The third-order valence-electron chi connectivity index (χ3n) is 3.03. The van der Waals surface area contributed by atoms with Gasteiger partial charge < -0.3 is 0 Å². The summed E-state index contributed by atoms with van der Waals surface area (Å²) in [6.45, 7) is 0. The number of nitrogens with zero attached hydrogens (tertiary/aromatic N) is 2. The predicted octanol–water partition coefficient (Wildman–Crippen LogP) is 5.56. The van der Waals surface area contributed by atoms with E-state index in [1.807, 2.05) is 24.3 Å². The Labute approximate surface area is 145 Å². The molecule has 1 aromatic carbocycles. The third-order valence-corrected chi connectivity index (χ3v) is 5.94. The molecule has 0 saturated heterocycles. The van der Waals surface area contributed by atoms with Crippen LogP contribution in [0, 0.1) is 3.57 Å². The molecule has 104 valence electrons. The molecule has 3 rings (SSSR count). The molecule has 20 heavy (non-hydrogen) atoms. The van der Waals surface area contributed by atoms with Gasteiger partial charge >= 0.3 is 0 Å². The molecule has 2 nitrogen and oxygen atoms in total. The Bertz CT molecular complexity index is 630. The summed E-state index contributed by atoms with van der Waals surface area (Å²) < 4.78 is 1.01. The number of hydrogen-bond acceptors (Lipinski definition) is 3. The molecule has 1 aliphatic carbocycles. The van der Waals surface area contributed by atoms with Crippen LogP contribution in [0.3, 0.4) is 0 Å². The van der Waals surface area contributed by atoms with Gasteiger partial charge in [0.15, 0.2) is 0 Å². The first kappa shape index (κ1) is 14.9. The summed E-state index contributed by atoms with van der Waals surface area (Å²) in [6.07, 6.45) is 2.43. The van der Waals surface area contributed by atoms with Crippen LogP contribution in [0.5, 0.6) is 0 Å². The van der Waals surface area contributed by atoms with Crippen molar-refractivity contribution in [3.63, 3.8) is 0 Å². The molecule has 0 aliphatic heterocycles. The van der Waals surface area contributed by atoms with Crippen LogP contribution in [0.25, 0.3) is 0 Å². The Kier molecular flexibility index (Phi) is 4.75. The first-order valence-corrected chi connectivity index (χ1v) is 9.05. The van der Waals surface area contributed by atoms with Gasteiger partial charge in [-0.05, 0) is 59.7 Å². The summed E-state index contributed by atoms with van der Waals surface area (Å²) in [7, 11) is 0. The van der Waals surface area contributed by atoms with Gasteiger partial charge in [0.05, 0.1) is 15.0 Å². The van der Waals surface area contributed by atoms with Gasteiger partial charge in [0, 0.05) is 15.8 Å². The van der Waals surface area contributed by atoms with Gasteiger partial charge in [0.2, 0.25) is 0 Å². The van der Waals surface area contributed by atoms with Crippen LogP contribution in [-0.2, 0) is 5.75 Å². The van der Waals surface area contributed by atoms with Gasteiger partial charge in [0.1, 0.15) is 11.0 Å². The molecule has 1 aromatic heterocycles. The topological polar surface area (TPSA) is 25.8 Å². The lowest BCUT2D eigenvalue weighted by Gasteiger charge is -2.07. The van der Waals surface area contributed by atoms with Crippen molar-refractivity contribution in [1.29, 1.82) is 0 Å². The highest BCUT2D eigenvalue weighted by Crippen LogP contribution is 2.42. The Morgan fingerprint density at radius 1 is 1.15 bits per heavy atom. The zero-order valence-electron chi connectivity index (χ0n) is 10.4. The molecular weight excluding hydrogens is 426 g/mol. The summed E-state index contributed by atoms with van der Waals surface area (Å²) in [5.74, 6) is 2.11. The first-order valence-electron chi connectivity index (χ1n) is 6.23. The largest absolute Gasteiger partial charge is 0.236 e. The third kappa shape index (κ3) is 3.59. The maximum Gasteiger partial charge on any atom is 0.146 e. The molecule has 1 aliphatic rings. The van der Waals surface area contributed by atoms with Crippen molar-refractivity contribution in [2.45, 2.75) is 29.4 Å². The van der Waals surface area contributed by atoms with Crippen molar-refractivity contribution in [1.82, 2.24) is 9.97 Å². The molecular formula is C14H11Cl2IN2S. The van der Waals surface area contributed by atoms with E-state index in [9.17, 15) is 0 Å². The van der Waals surface area contributed by atoms with Crippen LogP contribution >= 0.6 is 57.6 Å². The molecule has 1 saturated carbocycles. The van der Waals surface area contributed by atoms with Gasteiger partial charge in [-0.25, -0.2) is 9.97 Å². The van der Waals surface area contributed by atoms with Crippen molar-refractivity contribution in [2.24, 2.45) is 0 Å². The zero-order chi connectivity index (χ0) is 14.1. The lowest BCUT2D eigenvalue weighted by Crippen LogP contribution is -2.01. The second kappa shape index (κ2) is 6.38. The highest BCUT2D eigenvalue weighted by atomic mass is 127. The average Bonchev–Trinajstić information content (AvgIpc) is 3.26. The molecule has 0 unspecified atom stereocenters. The Morgan fingerprint density at radius 3 is 2.50 bits per heavy atom. The normalized spacial score (nSPS) is 14.6. The molecule has 0 amide bonds. The molecule has 1 fully saturated rings. The number of rotatable bonds is 4. The van der Waals surface area contributed by atoms with Gasteiger partial charge in [-0.2, -0.15) is 0 Å². The summed E-state index contributed by atoms with van der Waals surface area (Å²) in [4.78, 5) is 10.2. The number of benzene rings is 1. The second-order valence-electron chi connectivity index (χ2n) is 4.65. The molecule has 0 spiro atoms. The van der Waals surface area contributed by atoms with E-state index in [2.05, 4.69) is 32.6 Å². The fraction of sp³-hybridized carbons (Fsp3) is 0.286. The molecule has 0 N–H and O–H groups in total. The number of halogens is 3. The van der Waals surface area contributed by atoms with Crippen LogP contribution in [0.1, 0.15) is 30.3 Å². The van der Waals surface area contributed by atoms with Crippen LogP contribution in [-0.4, -0.2) is 9.97 Å². The zero-order valence-corrected chi connectivity index (χ0v) is 14.9. The number of thioether (sulfide) groups is 1. The van der Waals surface area contributed by atoms with Crippen LogP contribution < -0.4 is 0 Å². The van der Waals surface area contributed by atoms with E-state index in [4.69, 9.17) is 23.2 Å². The molecule has 1 heterocycles. The summed E-state index contributed by atoms with van der Waals surface area (Å²) in [5.41, 5.74) is 1.12. The minimum absolute atomic E-state index is 0.578. The van der Waals surface area contributed by atoms with E-state index >= 15 is 0 Å². The van der Waals surface area contributed by atoms with Crippen molar-refractivity contribution in [3.05, 3.63) is 49.5 Å². The average molecular weight is 437 g/mol. The minimum atomic E-state index is 0.578. The standard InChI is InChI=1S/C14H11Cl2IN2S/c15-9-3-5-10(6-4-9)20-7-11-18-13(8-1-2-8)12(17)14(16)19-11/h3-6,8H,1-2,7H2. The highest BCUT2D eigenvalue weighted by molar-refractivity contribution is 14.1. The van der Waals surface area contributed by atoms with E-state index < -0.39 is 0 Å².